The molecule has 0 N–H and O–H groups in total. The zero-order chi connectivity index (χ0) is 21.3. The fraction of sp³-hybridized carbons (Fsp3) is 0.458. The number of hydrogen-bond acceptors (Lipinski definition) is 2. The number of ketones is 1. The van der Waals surface area contributed by atoms with Crippen LogP contribution in [0.4, 0.5) is 0 Å². The third kappa shape index (κ3) is 4.56. The van der Waals surface area contributed by atoms with Gasteiger partial charge in [-0.3, -0.25) is 4.79 Å². The molecule has 0 amide bonds. The number of rotatable bonds is 8. The summed E-state index contributed by atoms with van der Waals surface area (Å²) in [5.74, 6) is 0.141. The van der Waals surface area contributed by atoms with Crippen molar-refractivity contribution in [3.05, 3.63) is 54.3 Å². The molecule has 0 fully saturated rings. The maximum absolute atomic E-state index is 12.7. The van der Waals surface area contributed by atoms with Crippen molar-refractivity contribution in [2.24, 2.45) is 7.05 Å². The Labute approximate surface area is 171 Å². The van der Waals surface area contributed by atoms with Gasteiger partial charge in [-0.15, -0.1) is 6.58 Å². The van der Waals surface area contributed by atoms with Crippen molar-refractivity contribution in [3.8, 4) is 0 Å². The lowest BCUT2D eigenvalue weighted by Gasteiger charge is -2.36. The maximum Gasteiger partial charge on any atom is 0.192 e. The zero-order valence-electron chi connectivity index (χ0n) is 18.6. The van der Waals surface area contributed by atoms with Crippen molar-refractivity contribution in [2.75, 3.05) is 0 Å². The van der Waals surface area contributed by atoms with Crippen LogP contribution in [0.25, 0.3) is 16.5 Å². The van der Waals surface area contributed by atoms with E-state index in [4.69, 9.17) is 4.43 Å². The van der Waals surface area contributed by atoms with Gasteiger partial charge in [0.15, 0.2) is 14.1 Å². The Bertz CT molecular complexity index is 913. The molecule has 0 aliphatic rings. The topological polar surface area (TPSA) is 31.2 Å². The average molecular weight is 398 g/mol. The summed E-state index contributed by atoms with van der Waals surface area (Å²) in [5.41, 5.74) is 4.82. The van der Waals surface area contributed by atoms with Crippen molar-refractivity contribution in [1.82, 2.24) is 4.57 Å². The van der Waals surface area contributed by atoms with Gasteiger partial charge in [0.05, 0.1) is 6.61 Å². The number of fused-ring (bicyclic) bond motifs is 1. The number of aryl methyl sites for hydroxylation is 1. The number of allylic oxidation sites excluding steroid dienone is 2. The van der Waals surface area contributed by atoms with Crippen LogP contribution in [0.15, 0.2) is 37.4 Å². The summed E-state index contributed by atoms with van der Waals surface area (Å²) in [7, 11) is 0.241. The number of aromatic nitrogens is 1. The van der Waals surface area contributed by atoms with E-state index in [1.165, 1.54) is 0 Å². The van der Waals surface area contributed by atoms with Crippen molar-refractivity contribution in [1.29, 1.82) is 0 Å². The predicted octanol–water partition coefficient (Wildman–Crippen LogP) is 6.88. The average Bonchev–Trinajstić information content (AvgIpc) is 2.91. The summed E-state index contributed by atoms with van der Waals surface area (Å²) in [6.07, 6.45) is 2.95. The predicted molar refractivity (Wildman–Crippen MR) is 123 cm³/mol. The second kappa shape index (κ2) is 8.22. The van der Waals surface area contributed by atoms with Gasteiger partial charge in [0.2, 0.25) is 0 Å². The Hall–Kier alpha value is -1.91. The van der Waals surface area contributed by atoms with Crippen molar-refractivity contribution in [3.63, 3.8) is 0 Å². The molecule has 4 heteroatoms. The van der Waals surface area contributed by atoms with Gasteiger partial charge in [-0.25, -0.2) is 0 Å². The van der Waals surface area contributed by atoms with Crippen LogP contribution in [0.5, 0.6) is 0 Å². The summed E-state index contributed by atoms with van der Waals surface area (Å²) in [5, 5.41) is 1.25. The molecule has 0 unspecified atom stereocenters. The first kappa shape index (κ1) is 22.4. The van der Waals surface area contributed by atoms with E-state index in [-0.39, 0.29) is 10.8 Å². The number of Topliss-reactive ketones (excluding diaryl/α,β-unsaturated/α-hetero) is 1. The Morgan fingerprint density at radius 3 is 2.39 bits per heavy atom. The minimum absolute atomic E-state index is 0.141. The smallest absolute Gasteiger partial charge is 0.192 e. The fourth-order valence-electron chi connectivity index (χ4n) is 3.00. The van der Waals surface area contributed by atoms with Crippen LogP contribution in [0.2, 0.25) is 18.1 Å². The van der Waals surface area contributed by atoms with E-state index < -0.39 is 8.32 Å². The van der Waals surface area contributed by atoms with Crippen molar-refractivity contribution in [2.45, 2.75) is 65.3 Å². The highest BCUT2D eigenvalue weighted by Crippen LogP contribution is 2.37. The van der Waals surface area contributed by atoms with Crippen LogP contribution >= 0.6 is 0 Å². The van der Waals surface area contributed by atoms with Crippen LogP contribution in [-0.4, -0.2) is 18.7 Å². The van der Waals surface area contributed by atoms with Gasteiger partial charge >= 0.3 is 0 Å². The molecule has 1 aromatic carbocycles. The quantitative estimate of drug-likeness (QED) is 0.276. The Balaban J connectivity index is 2.45. The molecular formula is C24H35NO2Si. The molecule has 0 saturated carbocycles. The highest BCUT2D eigenvalue weighted by atomic mass is 28.4. The minimum Gasteiger partial charge on any atom is -0.411 e. The van der Waals surface area contributed by atoms with Crippen LogP contribution in [-0.2, 0) is 18.1 Å². The third-order valence-electron chi connectivity index (χ3n) is 6.00. The van der Waals surface area contributed by atoms with Crippen LogP contribution in [0.3, 0.4) is 0 Å². The zero-order valence-corrected chi connectivity index (χ0v) is 19.6. The first-order valence-electron chi connectivity index (χ1n) is 9.95. The number of carbonyl (C=O) groups is 1. The summed E-state index contributed by atoms with van der Waals surface area (Å²) < 4.78 is 8.59. The number of carbonyl (C=O) groups excluding carboxylic acids is 1. The van der Waals surface area contributed by atoms with Crippen molar-refractivity contribution < 1.29 is 9.22 Å². The van der Waals surface area contributed by atoms with Gasteiger partial charge in [-0.1, -0.05) is 39.0 Å². The SMILES string of the molecule is C=CCCC(=O)c1cc2cc(CO[Si](C)(C)C(C)(C)C)n(C)c2cc1C(=C)C. The number of benzene rings is 1. The first-order valence-corrected chi connectivity index (χ1v) is 12.9. The molecule has 0 aliphatic carbocycles. The molecule has 2 aromatic rings. The summed E-state index contributed by atoms with van der Waals surface area (Å²) in [6, 6.07) is 6.25. The molecule has 0 atom stereocenters. The molecular weight excluding hydrogens is 362 g/mol. The van der Waals surface area contributed by atoms with E-state index in [0.717, 1.165) is 33.3 Å². The highest BCUT2D eigenvalue weighted by molar-refractivity contribution is 6.74. The molecule has 3 nitrogen and oxygen atoms in total. The van der Waals surface area contributed by atoms with Gasteiger partial charge in [0.25, 0.3) is 0 Å². The number of hydrogen-bond donors (Lipinski definition) is 0. The second-order valence-electron chi connectivity index (χ2n) is 9.23. The van der Waals surface area contributed by atoms with E-state index >= 15 is 0 Å². The van der Waals surface area contributed by atoms with Gasteiger partial charge in [0.1, 0.15) is 0 Å². The molecule has 1 heterocycles. The first-order chi connectivity index (χ1) is 12.9. The maximum atomic E-state index is 12.7. The van der Waals surface area contributed by atoms with E-state index in [0.29, 0.717) is 19.4 Å². The molecule has 1 aromatic heterocycles. The fourth-order valence-corrected chi connectivity index (χ4v) is 3.94. The molecule has 2 rings (SSSR count). The van der Waals surface area contributed by atoms with Gasteiger partial charge in [-0.2, -0.15) is 0 Å². The van der Waals surface area contributed by atoms with E-state index in [9.17, 15) is 4.79 Å². The lowest BCUT2D eigenvalue weighted by molar-refractivity contribution is 0.0983. The third-order valence-corrected chi connectivity index (χ3v) is 10.5. The summed E-state index contributed by atoms with van der Waals surface area (Å²) >= 11 is 0. The van der Waals surface area contributed by atoms with Gasteiger partial charge < -0.3 is 8.99 Å². The van der Waals surface area contributed by atoms with Crippen molar-refractivity contribution >= 4 is 30.6 Å². The standard InChI is InChI=1S/C24H35NO2Si/c1-10-11-12-23(26)21-14-18-13-19(16-27-28(8,9)24(4,5)6)25(7)22(18)15-20(21)17(2)3/h10,13-15H,1-2,11-12,16H2,3-9H3. The monoisotopic (exact) mass is 397 g/mol. The van der Waals surface area contributed by atoms with E-state index in [1.54, 1.807) is 6.08 Å². The molecule has 0 radical (unpaired) electrons. The Morgan fingerprint density at radius 2 is 1.86 bits per heavy atom. The van der Waals surface area contributed by atoms with E-state index in [1.807, 2.05) is 13.0 Å². The van der Waals surface area contributed by atoms with Crippen LogP contribution < -0.4 is 0 Å². The summed E-state index contributed by atoms with van der Waals surface area (Å²) in [4.78, 5) is 12.7. The Morgan fingerprint density at radius 1 is 1.21 bits per heavy atom. The molecule has 0 bridgehead atoms. The normalized spacial score (nSPS) is 12.4. The molecule has 0 spiro atoms. The molecule has 28 heavy (non-hydrogen) atoms. The van der Waals surface area contributed by atoms with Gasteiger partial charge in [0, 0.05) is 35.6 Å². The molecule has 0 aliphatic heterocycles. The summed E-state index contributed by atoms with van der Waals surface area (Å²) in [6.45, 7) is 21.6. The Kier molecular flexibility index (Phi) is 6.57. The highest BCUT2D eigenvalue weighted by Gasteiger charge is 2.37. The van der Waals surface area contributed by atoms with E-state index in [2.05, 4.69) is 70.8 Å². The minimum atomic E-state index is -1.82. The number of nitrogens with zero attached hydrogens (tertiary/aromatic N) is 1. The van der Waals surface area contributed by atoms with Crippen LogP contribution in [0, 0.1) is 0 Å². The lowest BCUT2D eigenvalue weighted by atomic mass is 9.95. The molecule has 0 saturated heterocycles. The molecule has 152 valence electrons. The second-order valence-corrected chi connectivity index (χ2v) is 14.0. The van der Waals surface area contributed by atoms with Crippen LogP contribution in [0.1, 0.15) is 62.2 Å². The van der Waals surface area contributed by atoms with Gasteiger partial charge in [-0.05, 0) is 55.2 Å². The lowest BCUT2D eigenvalue weighted by Crippen LogP contribution is -2.40. The largest absolute Gasteiger partial charge is 0.411 e.